The lowest BCUT2D eigenvalue weighted by molar-refractivity contribution is -0.147. The number of esters is 1. The molecule has 0 radical (unpaired) electrons. The molecule has 1 N–H and O–H groups in total. The molecule has 0 saturated heterocycles. The van der Waals surface area contributed by atoms with Crippen molar-refractivity contribution in [3.05, 3.63) is 48.6 Å². The van der Waals surface area contributed by atoms with E-state index in [1.54, 1.807) is 31.2 Å². The third kappa shape index (κ3) is 2.94. The summed E-state index contributed by atoms with van der Waals surface area (Å²) in [5, 5.41) is 10.3. The molecule has 0 aliphatic heterocycles. The minimum Gasteiger partial charge on any atom is -0.466 e. The lowest BCUT2D eigenvalue weighted by atomic mass is 9.91. The van der Waals surface area contributed by atoms with Gasteiger partial charge in [0, 0.05) is 0 Å². The molecule has 1 aromatic rings. The van der Waals surface area contributed by atoms with E-state index in [1.807, 2.05) is 6.07 Å². The highest BCUT2D eigenvalue weighted by Gasteiger charge is 2.29. The maximum atomic E-state index is 11.4. The number of ether oxygens (including phenoxy) is 1. The van der Waals surface area contributed by atoms with Gasteiger partial charge in [0.15, 0.2) is 0 Å². The summed E-state index contributed by atoms with van der Waals surface area (Å²) in [4.78, 5) is 11.4. The average molecular weight is 220 g/mol. The SMILES string of the molecule is C=CC(O)(CC(=O)OCC)c1ccccc1. The Balaban J connectivity index is 2.86. The molecular formula is C13H16O3. The van der Waals surface area contributed by atoms with Gasteiger partial charge in [0.1, 0.15) is 5.60 Å². The number of carbonyl (C=O) groups is 1. The Hall–Kier alpha value is -1.61. The second kappa shape index (κ2) is 5.47. The molecule has 1 rings (SSSR count). The first kappa shape index (κ1) is 12.5. The van der Waals surface area contributed by atoms with E-state index in [2.05, 4.69) is 6.58 Å². The first-order valence-electron chi connectivity index (χ1n) is 5.19. The van der Waals surface area contributed by atoms with Gasteiger partial charge in [-0.25, -0.2) is 0 Å². The number of aliphatic hydroxyl groups is 1. The van der Waals surface area contributed by atoms with E-state index in [9.17, 15) is 9.90 Å². The molecule has 0 heterocycles. The fraction of sp³-hybridized carbons (Fsp3) is 0.308. The van der Waals surface area contributed by atoms with Gasteiger partial charge in [-0.3, -0.25) is 4.79 Å². The zero-order valence-electron chi connectivity index (χ0n) is 9.35. The summed E-state index contributed by atoms with van der Waals surface area (Å²) in [6.45, 7) is 5.60. The molecule has 0 aliphatic rings. The van der Waals surface area contributed by atoms with Crippen LogP contribution in [0.1, 0.15) is 18.9 Å². The molecule has 1 aromatic carbocycles. The second-order valence-electron chi connectivity index (χ2n) is 3.48. The first-order chi connectivity index (χ1) is 7.62. The largest absolute Gasteiger partial charge is 0.466 e. The molecule has 16 heavy (non-hydrogen) atoms. The molecule has 0 spiro atoms. The molecule has 3 nitrogen and oxygen atoms in total. The van der Waals surface area contributed by atoms with Crippen molar-refractivity contribution >= 4 is 5.97 Å². The Kier molecular flexibility index (Phi) is 4.26. The van der Waals surface area contributed by atoms with Crippen LogP contribution in [0.25, 0.3) is 0 Å². The molecule has 1 atom stereocenters. The predicted octanol–water partition coefficient (Wildman–Crippen LogP) is 2.01. The minimum absolute atomic E-state index is 0.117. The van der Waals surface area contributed by atoms with Crippen molar-refractivity contribution in [2.24, 2.45) is 0 Å². The normalized spacial score (nSPS) is 13.9. The van der Waals surface area contributed by atoms with Gasteiger partial charge in [0.2, 0.25) is 0 Å². The van der Waals surface area contributed by atoms with E-state index in [0.717, 1.165) is 0 Å². The van der Waals surface area contributed by atoms with Crippen LogP contribution in [0.3, 0.4) is 0 Å². The monoisotopic (exact) mass is 220 g/mol. The summed E-state index contributed by atoms with van der Waals surface area (Å²) >= 11 is 0. The molecule has 86 valence electrons. The van der Waals surface area contributed by atoms with Gasteiger partial charge in [0.25, 0.3) is 0 Å². The van der Waals surface area contributed by atoms with Gasteiger partial charge >= 0.3 is 5.97 Å². The first-order valence-corrected chi connectivity index (χ1v) is 5.19. The summed E-state index contributed by atoms with van der Waals surface area (Å²) in [6, 6.07) is 8.95. The lowest BCUT2D eigenvalue weighted by Gasteiger charge is -2.23. The molecule has 0 aliphatic carbocycles. The van der Waals surface area contributed by atoms with E-state index in [0.29, 0.717) is 12.2 Å². The Morgan fingerprint density at radius 3 is 2.62 bits per heavy atom. The number of carbonyl (C=O) groups excluding carboxylic acids is 1. The van der Waals surface area contributed by atoms with Crippen LogP contribution in [-0.4, -0.2) is 17.7 Å². The van der Waals surface area contributed by atoms with Gasteiger partial charge in [-0.2, -0.15) is 0 Å². The quantitative estimate of drug-likeness (QED) is 0.610. The molecule has 0 aromatic heterocycles. The number of benzene rings is 1. The summed E-state index contributed by atoms with van der Waals surface area (Å²) in [6.07, 6.45) is 1.24. The van der Waals surface area contributed by atoms with E-state index in [4.69, 9.17) is 4.74 Å². The summed E-state index contributed by atoms with van der Waals surface area (Å²) < 4.78 is 4.81. The second-order valence-corrected chi connectivity index (χ2v) is 3.48. The highest BCUT2D eigenvalue weighted by molar-refractivity contribution is 5.71. The van der Waals surface area contributed by atoms with Crippen LogP contribution in [0.15, 0.2) is 43.0 Å². The third-order valence-electron chi connectivity index (χ3n) is 2.33. The number of hydrogen-bond donors (Lipinski definition) is 1. The van der Waals surface area contributed by atoms with Gasteiger partial charge < -0.3 is 9.84 Å². The van der Waals surface area contributed by atoms with Crippen LogP contribution < -0.4 is 0 Å². The predicted molar refractivity (Wildman–Crippen MR) is 61.8 cm³/mol. The van der Waals surface area contributed by atoms with E-state index in [-0.39, 0.29) is 6.42 Å². The van der Waals surface area contributed by atoms with Crippen molar-refractivity contribution in [2.75, 3.05) is 6.61 Å². The zero-order chi connectivity index (χ0) is 12.0. The molecule has 1 unspecified atom stereocenters. The number of hydrogen-bond acceptors (Lipinski definition) is 3. The van der Waals surface area contributed by atoms with Crippen LogP contribution >= 0.6 is 0 Å². The van der Waals surface area contributed by atoms with Crippen LogP contribution in [-0.2, 0) is 15.1 Å². The average Bonchev–Trinajstić information content (AvgIpc) is 2.30. The lowest BCUT2D eigenvalue weighted by Crippen LogP contribution is -2.27. The van der Waals surface area contributed by atoms with Gasteiger partial charge in [-0.1, -0.05) is 43.0 Å². The third-order valence-corrected chi connectivity index (χ3v) is 2.33. The summed E-state index contributed by atoms with van der Waals surface area (Å²) in [5.74, 6) is -0.436. The Morgan fingerprint density at radius 1 is 1.50 bits per heavy atom. The zero-order valence-corrected chi connectivity index (χ0v) is 9.35. The van der Waals surface area contributed by atoms with Crippen molar-refractivity contribution in [2.45, 2.75) is 18.9 Å². The minimum atomic E-state index is -1.35. The smallest absolute Gasteiger partial charge is 0.309 e. The Labute approximate surface area is 95.4 Å². The number of rotatable bonds is 5. The van der Waals surface area contributed by atoms with Gasteiger partial charge in [-0.05, 0) is 12.5 Å². The van der Waals surface area contributed by atoms with Gasteiger partial charge in [-0.15, -0.1) is 0 Å². The highest BCUT2D eigenvalue weighted by atomic mass is 16.5. The fourth-order valence-corrected chi connectivity index (χ4v) is 1.45. The van der Waals surface area contributed by atoms with Crippen molar-refractivity contribution in [1.82, 2.24) is 0 Å². The van der Waals surface area contributed by atoms with Crippen molar-refractivity contribution in [1.29, 1.82) is 0 Å². The van der Waals surface area contributed by atoms with Crippen LogP contribution in [0, 0.1) is 0 Å². The topological polar surface area (TPSA) is 46.5 Å². The molecular weight excluding hydrogens is 204 g/mol. The summed E-state index contributed by atoms with van der Waals surface area (Å²) in [5.41, 5.74) is -0.717. The molecule has 0 amide bonds. The van der Waals surface area contributed by atoms with Gasteiger partial charge in [0.05, 0.1) is 13.0 Å². The van der Waals surface area contributed by atoms with Crippen molar-refractivity contribution < 1.29 is 14.6 Å². The van der Waals surface area contributed by atoms with Crippen LogP contribution in [0.2, 0.25) is 0 Å². The molecule has 0 saturated carbocycles. The summed E-state index contributed by atoms with van der Waals surface area (Å²) in [7, 11) is 0. The Bertz CT molecular complexity index is 359. The van der Waals surface area contributed by atoms with E-state index in [1.165, 1.54) is 6.08 Å². The van der Waals surface area contributed by atoms with Crippen molar-refractivity contribution in [3.8, 4) is 0 Å². The maximum Gasteiger partial charge on any atom is 0.309 e. The van der Waals surface area contributed by atoms with Crippen LogP contribution in [0.5, 0.6) is 0 Å². The van der Waals surface area contributed by atoms with Crippen molar-refractivity contribution in [3.63, 3.8) is 0 Å². The van der Waals surface area contributed by atoms with E-state index >= 15 is 0 Å². The van der Waals surface area contributed by atoms with E-state index < -0.39 is 11.6 Å². The molecule has 0 bridgehead atoms. The standard InChI is InChI=1S/C13H16O3/c1-3-13(15,10-12(14)16-4-2)11-8-6-5-7-9-11/h3,5-9,15H,1,4,10H2,2H3. The maximum absolute atomic E-state index is 11.4. The Morgan fingerprint density at radius 2 is 2.12 bits per heavy atom. The van der Waals surface area contributed by atoms with Crippen LogP contribution in [0.4, 0.5) is 0 Å². The molecule has 3 heteroatoms. The molecule has 0 fully saturated rings. The highest BCUT2D eigenvalue weighted by Crippen LogP contribution is 2.26. The fourth-order valence-electron chi connectivity index (χ4n) is 1.45.